The average Bonchev–Trinajstić information content (AvgIpc) is 2.58. The molecule has 3 nitrogen and oxygen atoms in total. The third-order valence-corrected chi connectivity index (χ3v) is 4.03. The molecule has 0 bridgehead atoms. The topological polar surface area (TPSA) is 38.5 Å². The second-order valence-corrected chi connectivity index (χ2v) is 5.86. The average molecular weight is 277 g/mol. The summed E-state index contributed by atoms with van der Waals surface area (Å²) in [6.07, 6.45) is 0.216. The molecule has 1 aliphatic heterocycles. The zero-order valence-electron chi connectivity index (χ0n) is 10.4. The molecule has 98 valence electrons. The van der Waals surface area contributed by atoms with Crippen LogP contribution in [0.15, 0.2) is 6.07 Å². The van der Waals surface area contributed by atoms with Crippen LogP contribution in [0.4, 0.5) is 0 Å². The Morgan fingerprint density at radius 2 is 2.29 bits per heavy atom. The Kier molecular flexibility index (Phi) is 5.89. The van der Waals surface area contributed by atoms with E-state index in [0.29, 0.717) is 6.54 Å². The minimum absolute atomic E-state index is 0. The highest BCUT2D eigenvalue weighted by Crippen LogP contribution is 2.22. The SMILES string of the molecule is Cc1cc(CN2CCOC(CN)C2)c(C)s1.Cl. The minimum atomic E-state index is 0. The molecule has 17 heavy (non-hydrogen) atoms. The highest BCUT2D eigenvalue weighted by Gasteiger charge is 2.19. The number of rotatable bonds is 3. The van der Waals surface area contributed by atoms with Crippen LogP contribution in [0.5, 0.6) is 0 Å². The third-order valence-electron chi connectivity index (χ3n) is 3.02. The number of hydrogen-bond acceptors (Lipinski definition) is 4. The van der Waals surface area contributed by atoms with Crippen molar-refractivity contribution in [3.63, 3.8) is 0 Å². The molecule has 0 aromatic carbocycles. The molecule has 1 saturated heterocycles. The summed E-state index contributed by atoms with van der Waals surface area (Å²) in [5.74, 6) is 0. The van der Waals surface area contributed by atoms with E-state index < -0.39 is 0 Å². The number of thiophene rings is 1. The summed E-state index contributed by atoms with van der Waals surface area (Å²) in [4.78, 5) is 5.28. The summed E-state index contributed by atoms with van der Waals surface area (Å²) >= 11 is 1.88. The van der Waals surface area contributed by atoms with E-state index in [-0.39, 0.29) is 18.5 Å². The Morgan fingerprint density at radius 3 is 2.88 bits per heavy atom. The molecule has 1 atom stereocenters. The van der Waals surface area contributed by atoms with E-state index in [2.05, 4.69) is 24.8 Å². The second-order valence-electron chi connectivity index (χ2n) is 4.40. The van der Waals surface area contributed by atoms with Crippen LogP contribution in [-0.2, 0) is 11.3 Å². The summed E-state index contributed by atoms with van der Waals surface area (Å²) in [5.41, 5.74) is 7.10. The van der Waals surface area contributed by atoms with Crippen molar-refractivity contribution in [1.29, 1.82) is 0 Å². The molecular weight excluding hydrogens is 256 g/mol. The van der Waals surface area contributed by atoms with Gasteiger partial charge in [0, 0.05) is 35.9 Å². The van der Waals surface area contributed by atoms with E-state index in [1.807, 2.05) is 11.3 Å². The van der Waals surface area contributed by atoms with Crippen molar-refractivity contribution in [1.82, 2.24) is 4.90 Å². The van der Waals surface area contributed by atoms with Gasteiger partial charge >= 0.3 is 0 Å². The maximum atomic E-state index is 5.64. The molecule has 0 saturated carbocycles. The van der Waals surface area contributed by atoms with Gasteiger partial charge in [0.25, 0.3) is 0 Å². The number of nitrogens with zero attached hydrogens (tertiary/aromatic N) is 1. The standard InChI is InChI=1S/C12H20N2OS.ClH/c1-9-5-11(10(2)16-9)7-14-3-4-15-12(6-13)8-14;/h5,12H,3-4,6-8,13H2,1-2H3;1H. The maximum Gasteiger partial charge on any atom is 0.0824 e. The monoisotopic (exact) mass is 276 g/mol. The fourth-order valence-electron chi connectivity index (χ4n) is 2.15. The number of aryl methyl sites for hydroxylation is 2. The van der Waals surface area contributed by atoms with E-state index in [9.17, 15) is 0 Å². The Balaban J connectivity index is 0.00000144. The van der Waals surface area contributed by atoms with E-state index in [1.165, 1.54) is 15.3 Å². The van der Waals surface area contributed by atoms with Crippen molar-refractivity contribution in [2.24, 2.45) is 5.73 Å². The van der Waals surface area contributed by atoms with Crippen molar-refractivity contribution >= 4 is 23.7 Å². The molecule has 5 heteroatoms. The second kappa shape index (κ2) is 6.71. The molecule has 1 aliphatic rings. The zero-order valence-corrected chi connectivity index (χ0v) is 12.1. The molecule has 2 N–H and O–H groups in total. The summed E-state index contributed by atoms with van der Waals surface area (Å²) in [5, 5.41) is 0. The zero-order chi connectivity index (χ0) is 11.5. The van der Waals surface area contributed by atoms with E-state index in [4.69, 9.17) is 10.5 Å². The Hall–Kier alpha value is -0.130. The van der Waals surface area contributed by atoms with Crippen LogP contribution >= 0.6 is 23.7 Å². The van der Waals surface area contributed by atoms with Crippen LogP contribution < -0.4 is 5.73 Å². The largest absolute Gasteiger partial charge is 0.374 e. The van der Waals surface area contributed by atoms with Crippen LogP contribution in [-0.4, -0.2) is 37.2 Å². The molecule has 2 heterocycles. The maximum absolute atomic E-state index is 5.64. The van der Waals surface area contributed by atoms with Crippen molar-refractivity contribution in [2.45, 2.75) is 26.5 Å². The summed E-state index contributed by atoms with van der Waals surface area (Å²) in [7, 11) is 0. The molecular formula is C12H21ClN2OS. The highest BCUT2D eigenvalue weighted by molar-refractivity contribution is 7.12. The fraction of sp³-hybridized carbons (Fsp3) is 0.667. The lowest BCUT2D eigenvalue weighted by Gasteiger charge is -2.32. The van der Waals surface area contributed by atoms with Crippen molar-refractivity contribution in [3.05, 3.63) is 21.4 Å². The Morgan fingerprint density at radius 1 is 1.53 bits per heavy atom. The first-order chi connectivity index (χ1) is 7.69. The van der Waals surface area contributed by atoms with Crippen LogP contribution in [0, 0.1) is 13.8 Å². The predicted octanol–water partition coefficient (Wildman–Crippen LogP) is 1.95. The molecule has 1 fully saturated rings. The molecule has 1 unspecified atom stereocenters. The lowest BCUT2D eigenvalue weighted by atomic mass is 10.2. The van der Waals surface area contributed by atoms with Gasteiger partial charge in [-0.05, 0) is 25.5 Å². The third kappa shape index (κ3) is 3.93. The number of halogens is 1. The minimum Gasteiger partial charge on any atom is -0.374 e. The van der Waals surface area contributed by atoms with Crippen LogP contribution in [0.1, 0.15) is 15.3 Å². The van der Waals surface area contributed by atoms with Gasteiger partial charge in [-0.3, -0.25) is 4.90 Å². The van der Waals surface area contributed by atoms with Crippen LogP contribution in [0.3, 0.4) is 0 Å². The lowest BCUT2D eigenvalue weighted by Crippen LogP contribution is -2.45. The molecule has 1 aromatic rings. The van der Waals surface area contributed by atoms with E-state index in [1.54, 1.807) is 0 Å². The number of nitrogens with two attached hydrogens (primary N) is 1. The normalized spacial score (nSPS) is 21.2. The van der Waals surface area contributed by atoms with Gasteiger partial charge < -0.3 is 10.5 Å². The van der Waals surface area contributed by atoms with Crippen molar-refractivity contribution < 1.29 is 4.74 Å². The lowest BCUT2D eigenvalue weighted by molar-refractivity contribution is -0.0260. The molecule has 0 spiro atoms. The summed E-state index contributed by atoms with van der Waals surface area (Å²) < 4.78 is 5.57. The predicted molar refractivity (Wildman–Crippen MR) is 75.1 cm³/mol. The van der Waals surface area contributed by atoms with Gasteiger partial charge in [0.1, 0.15) is 0 Å². The smallest absolute Gasteiger partial charge is 0.0824 e. The van der Waals surface area contributed by atoms with Gasteiger partial charge in [-0.2, -0.15) is 0 Å². The van der Waals surface area contributed by atoms with Gasteiger partial charge in [0.05, 0.1) is 12.7 Å². The summed E-state index contributed by atoms with van der Waals surface area (Å²) in [6, 6.07) is 2.30. The van der Waals surface area contributed by atoms with Gasteiger partial charge in [-0.1, -0.05) is 0 Å². The highest BCUT2D eigenvalue weighted by atomic mass is 35.5. The van der Waals surface area contributed by atoms with Gasteiger partial charge in [-0.25, -0.2) is 0 Å². The molecule has 0 aliphatic carbocycles. The number of hydrogen-bond donors (Lipinski definition) is 1. The van der Waals surface area contributed by atoms with Crippen LogP contribution in [0.2, 0.25) is 0 Å². The van der Waals surface area contributed by atoms with Crippen LogP contribution in [0.25, 0.3) is 0 Å². The first-order valence-electron chi connectivity index (χ1n) is 5.79. The molecule has 2 rings (SSSR count). The van der Waals surface area contributed by atoms with Crippen molar-refractivity contribution in [3.8, 4) is 0 Å². The van der Waals surface area contributed by atoms with Gasteiger partial charge in [-0.15, -0.1) is 23.7 Å². The fourth-order valence-corrected chi connectivity index (χ4v) is 3.09. The quantitative estimate of drug-likeness (QED) is 0.917. The van der Waals surface area contributed by atoms with E-state index in [0.717, 1.165) is 26.2 Å². The molecule has 0 amide bonds. The Labute approximate surface area is 113 Å². The number of morpholine rings is 1. The first-order valence-corrected chi connectivity index (χ1v) is 6.60. The van der Waals surface area contributed by atoms with Gasteiger partial charge in [0.15, 0.2) is 0 Å². The number of ether oxygens (including phenoxy) is 1. The van der Waals surface area contributed by atoms with Crippen molar-refractivity contribution in [2.75, 3.05) is 26.2 Å². The Bertz CT molecular complexity index is 356. The molecule has 0 radical (unpaired) electrons. The molecule has 1 aromatic heterocycles. The van der Waals surface area contributed by atoms with E-state index >= 15 is 0 Å². The first kappa shape index (κ1) is 14.9. The van der Waals surface area contributed by atoms with Gasteiger partial charge in [0.2, 0.25) is 0 Å². The summed E-state index contributed by atoms with van der Waals surface area (Å²) in [6.45, 7) is 8.82.